The zero-order chi connectivity index (χ0) is 18.5. The van der Waals surface area contributed by atoms with Gasteiger partial charge in [-0.15, -0.1) is 0 Å². The molecule has 2 heterocycles. The smallest absolute Gasteiger partial charge is 0.259 e. The maximum atomic E-state index is 12.6. The Hall–Kier alpha value is -2.34. The van der Waals surface area contributed by atoms with Crippen molar-refractivity contribution in [3.63, 3.8) is 0 Å². The minimum absolute atomic E-state index is 0. The largest absolute Gasteiger partial charge is 0.365 e. The van der Waals surface area contributed by atoms with E-state index in [1.165, 1.54) is 0 Å². The van der Waals surface area contributed by atoms with Crippen molar-refractivity contribution < 1.29 is 6.22 Å². The quantitative estimate of drug-likeness (QED) is 0.542. The summed E-state index contributed by atoms with van der Waals surface area (Å²) in [7, 11) is 0. The molecule has 0 aliphatic rings. The lowest BCUT2D eigenvalue weighted by atomic mass is 10.2. The maximum Gasteiger partial charge on any atom is 0.259 e. The summed E-state index contributed by atoms with van der Waals surface area (Å²) in [4.78, 5) is 20.8. The normalized spacial score (nSPS) is 10.4. The molecule has 1 aromatic carbocycles. The number of halogens is 3. The molecule has 2 N–H and O–H groups in total. The number of carbonyl (C=O) groups is 1. The van der Waals surface area contributed by atoms with Crippen LogP contribution in [0.4, 0.5) is 11.5 Å². The number of pyridine rings is 2. The third kappa shape index (κ3) is 4.64. The minimum atomic E-state index is -0.343. The average molecular weight is 410 g/mol. The number of amides is 1. The zero-order valence-corrected chi connectivity index (χ0v) is 15.6. The molecule has 0 radical (unpaired) electrons. The van der Waals surface area contributed by atoms with E-state index in [0.29, 0.717) is 33.7 Å². The molecular formula is C18H15Cl3N4O. The van der Waals surface area contributed by atoms with Gasteiger partial charge in [-0.25, -0.2) is 4.98 Å². The first-order chi connectivity index (χ1) is 12.5. The number of hydrogen-bond donors (Lipinski definition) is 2. The van der Waals surface area contributed by atoms with Crippen molar-refractivity contribution in [2.75, 3.05) is 10.6 Å². The topological polar surface area (TPSA) is 66.9 Å². The predicted molar refractivity (Wildman–Crippen MR) is 107 cm³/mol. The molecule has 0 aliphatic heterocycles. The zero-order valence-electron chi connectivity index (χ0n) is 13.3. The van der Waals surface area contributed by atoms with E-state index >= 15 is 0 Å². The van der Waals surface area contributed by atoms with E-state index in [9.17, 15) is 4.79 Å². The van der Waals surface area contributed by atoms with Crippen molar-refractivity contribution in [3.8, 4) is 0 Å². The summed E-state index contributed by atoms with van der Waals surface area (Å²) in [5, 5.41) is 6.95. The maximum absolute atomic E-state index is 12.6. The molecule has 5 nitrogen and oxygen atoms in total. The molecule has 2 aromatic heterocycles. The van der Waals surface area contributed by atoms with E-state index in [1.807, 2.05) is 12.1 Å². The molecule has 134 valence electrons. The SMILES string of the molecule is O=C(Nc1ccc(Cl)c(Cl)c1)c1ccc(Cl)nc1NCc1ccncc1.[HH]. The van der Waals surface area contributed by atoms with Crippen LogP contribution in [0.1, 0.15) is 17.3 Å². The summed E-state index contributed by atoms with van der Waals surface area (Å²) in [6.45, 7) is 0.475. The highest BCUT2D eigenvalue weighted by Gasteiger charge is 2.14. The van der Waals surface area contributed by atoms with Crippen molar-refractivity contribution in [1.82, 2.24) is 9.97 Å². The van der Waals surface area contributed by atoms with Gasteiger partial charge in [-0.1, -0.05) is 34.8 Å². The van der Waals surface area contributed by atoms with Gasteiger partial charge in [0.25, 0.3) is 5.91 Å². The van der Waals surface area contributed by atoms with Crippen LogP contribution in [0.5, 0.6) is 0 Å². The van der Waals surface area contributed by atoms with Gasteiger partial charge in [0, 0.05) is 26.1 Å². The number of benzene rings is 1. The Morgan fingerprint density at radius 3 is 2.50 bits per heavy atom. The van der Waals surface area contributed by atoms with Gasteiger partial charge in [-0.05, 0) is 48.0 Å². The highest BCUT2D eigenvalue weighted by atomic mass is 35.5. The van der Waals surface area contributed by atoms with Gasteiger partial charge in [-0.3, -0.25) is 9.78 Å². The molecule has 0 fully saturated rings. The van der Waals surface area contributed by atoms with Crippen LogP contribution in [0.15, 0.2) is 54.9 Å². The van der Waals surface area contributed by atoms with Crippen LogP contribution >= 0.6 is 34.8 Å². The molecule has 0 unspecified atom stereocenters. The number of anilines is 2. The molecule has 0 saturated heterocycles. The van der Waals surface area contributed by atoms with Gasteiger partial charge >= 0.3 is 0 Å². The summed E-state index contributed by atoms with van der Waals surface area (Å²) in [5.41, 5.74) is 1.88. The van der Waals surface area contributed by atoms with E-state index < -0.39 is 0 Å². The van der Waals surface area contributed by atoms with Crippen LogP contribution < -0.4 is 10.6 Å². The first kappa shape index (κ1) is 18.5. The molecular weight excluding hydrogens is 395 g/mol. The van der Waals surface area contributed by atoms with Gasteiger partial charge in [0.15, 0.2) is 0 Å². The van der Waals surface area contributed by atoms with Crippen molar-refractivity contribution in [2.45, 2.75) is 6.54 Å². The Kier molecular flexibility index (Phi) is 5.93. The number of nitrogens with zero attached hydrogens (tertiary/aromatic N) is 2. The summed E-state index contributed by atoms with van der Waals surface area (Å²) >= 11 is 17.9. The fraction of sp³-hybridized carbons (Fsp3) is 0.0556. The second kappa shape index (κ2) is 8.36. The molecule has 8 heteroatoms. The minimum Gasteiger partial charge on any atom is -0.365 e. The van der Waals surface area contributed by atoms with Crippen LogP contribution in [0.3, 0.4) is 0 Å². The number of aromatic nitrogens is 2. The molecule has 0 atom stereocenters. The Morgan fingerprint density at radius 1 is 1.00 bits per heavy atom. The van der Waals surface area contributed by atoms with E-state index in [0.717, 1.165) is 5.56 Å². The average Bonchev–Trinajstić information content (AvgIpc) is 2.64. The van der Waals surface area contributed by atoms with E-state index in [4.69, 9.17) is 34.8 Å². The Morgan fingerprint density at radius 2 is 1.77 bits per heavy atom. The van der Waals surface area contributed by atoms with Gasteiger partial charge < -0.3 is 10.6 Å². The fourth-order valence-electron chi connectivity index (χ4n) is 2.21. The van der Waals surface area contributed by atoms with Crippen LogP contribution in [-0.2, 0) is 6.54 Å². The van der Waals surface area contributed by atoms with Crippen LogP contribution in [0.2, 0.25) is 15.2 Å². The molecule has 0 aliphatic carbocycles. The Labute approximate surface area is 166 Å². The lowest BCUT2D eigenvalue weighted by Gasteiger charge is -2.12. The lowest BCUT2D eigenvalue weighted by molar-refractivity contribution is 0.102. The van der Waals surface area contributed by atoms with Crippen molar-refractivity contribution in [2.24, 2.45) is 0 Å². The van der Waals surface area contributed by atoms with E-state index in [1.54, 1.807) is 42.7 Å². The van der Waals surface area contributed by atoms with E-state index in [2.05, 4.69) is 20.6 Å². The molecule has 3 aromatic rings. The van der Waals surface area contributed by atoms with Crippen LogP contribution in [0.25, 0.3) is 0 Å². The molecule has 26 heavy (non-hydrogen) atoms. The molecule has 0 bridgehead atoms. The lowest BCUT2D eigenvalue weighted by Crippen LogP contribution is -2.16. The number of rotatable bonds is 5. The molecule has 0 spiro atoms. The second-order valence-corrected chi connectivity index (χ2v) is 6.52. The summed E-state index contributed by atoms with van der Waals surface area (Å²) in [6.07, 6.45) is 3.39. The van der Waals surface area contributed by atoms with Crippen molar-refractivity contribution in [1.29, 1.82) is 0 Å². The van der Waals surface area contributed by atoms with E-state index in [-0.39, 0.29) is 12.5 Å². The first-order valence-corrected chi connectivity index (χ1v) is 8.72. The van der Waals surface area contributed by atoms with Gasteiger partial charge in [0.05, 0.1) is 15.6 Å². The number of hydrogen-bond acceptors (Lipinski definition) is 4. The highest BCUT2D eigenvalue weighted by molar-refractivity contribution is 6.42. The van der Waals surface area contributed by atoms with Crippen LogP contribution in [0, 0.1) is 0 Å². The Balaban J connectivity index is 0.00000261. The fourth-order valence-corrected chi connectivity index (χ4v) is 2.66. The second-order valence-electron chi connectivity index (χ2n) is 5.32. The molecule has 3 rings (SSSR count). The third-order valence-corrected chi connectivity index (χ3v) is 4.44. The highest BCUT2D eigenvalue weighted by Crippen LogP contribution is 2.26. The molecule has 1 amide bonds. The van der Waals surface area contributed by atoms with Gasteiger partial charge in [0.1, 0.15) is 11.0 Å². The van der Waals surface area contributed by atoms with Gasteiger partial charge in [0.2, 0.25) is 0 Å². The number of nitrogens with one attached hydrogen (secondary N) is 2. The Bertz CT molecular complexity index is 941. The third-order valence-electron chi connectivity index (χ3n) is 3.49. The van der Waals surface area contributed by atoms with Crippen molar-refractivity contribution in [3.05, 3.63) is 81.2 Å². The number of carbonyl (C=O) groups excluding carboxylic acids is 1. The summed E-state index contributed by atoms with van der Waals surface area (Å²) in [6, 6.07) is 11.8. The summed E-state index contributed by atoms with van der Waals surface area (Å²) < 4.78 is 0. The summed E-state index contributed by atoms with van der Waals surface area (Å²) in [5.74, 6) is 0.0386. The predicted octanol–water partition coefficient (Wildman–Crippen LogP) is 5.55. The first-order valence-electron chi connectivity index (χ1n) is 7.58. The standard InChI is InChI=1S/C18H13Cl3N4O.H2/c19-14-3-1-12(9-15(14)20)24-18(26)13-2-4-16(21)25-17(13)23-10-11-5-7-22-8-6-11;/h1-9H,10H2,(H,23,25)(H,24,26);1H. The van der Waals surface area contributed by atoms with Gasteiger partial charge in [-0.2, -0.15) is 0 Å². The van der Waals surface area contributed by atoms with Crippen molar-refractivity contribution >= 4 is 52.2 Å². The van der Waals surface area contributed by atoms with Crippen LogP contribution in [-0.4, -0.2) is 15.9 Å². The molecule has 0 saturated carbocycles. The monoisotopic (exact) mass is 408 g/mol.